The van der Waals surface area contributed by atoms with Crippen molar-refractivity contribution in [2.75, 3.05) is 83.3 Å². The van der Waals surface area contributed by atoms with Gasteiger partial charge in [-0.25, -0.2) is 14.2 Å². The number of aliphatic imine (C=N–C) groups is 1. The number of carboxylic acid groups (broad SMARTS) is 1. The van der Waals surface area contributed by atoms with Crippen molar-refractivity contribution >= 4 is 56.1 Å². The van der Waals surface area contributed by atoms with Gasteiger partial charge in [0.05, 0.1) is 33.9 Å². The largest absolute Gasteiger partial charge is 0.487 e. The molecule has 8 rings (SSSR count). The summed E-state index contributed by atoms with van der Waals surface area (Å²) in [7, 11) is 4.20. The molecule has 0 saturated carbocycles. The Kier molecular flexibility index (Phi) is 8.60. The van der Waals surface area contributed by atoms with Gasteiger partial charge in [-0.05, 0) is 52.2 Å². The molecule has 2 aromatic heterocycles. The van der Waals surface area contributed by atoms with Crippen LogP contribution in [-0.4, -0.2) is 109 Å². The van der Waals surface area contributed by atoms with Gasteiger partial charge in [-0.1, -0.05) is 12.1 Å². The average Bonchev–Trinajstić information content (AvgIpc) is 3.36. The topological polar surface area (TPSA) is 106 Å². The molecule has 4 aliphatic heterocycles. The summed E-state index contributed by atoms with van der Waals surface area (Å²) >= 11 is 1.81. The van der Waals surface area contributed by atoms with Crippen molar-refractivity contribution in [2.24, 2.45) is 4.99 Å². The Morgan fingerprint density at radius 2 is 1.69 bits per heavy atom. The van der Waals surface area contributed by atoms with Gasteiger partial charge in [0.15, 0.2) is 11.6 Å². The number of carboxylic acids is 1. The van der Waals surface area contributed by atoms with E-state index >= 15 is 0 Å². The second kappa shape index (κ2) is 12.9. The number of anilines is 3. The van der Waals surface area contributed by atoms with Gasteiger partial charge >= 0.3 is 5.97 Å². The predicted molar refractivity (Wildman–Crippen MR) is 189 cm³/mol. The molecule has 2 N–H and O–H groups in total. The maximum Gasteiger partial charge on any atom is 0.341 e. The number of piperazine rings is 2. The van der Waals surface area contributed by atoms with E-state index in [9.17, 15) is 19.1 Å². The van der Waals surface area contributed by atoms with E-state index in [1.807, 2.05) is 18.9 Å². The number of aryl methyl sites for hydroxylation is 1. The van der Waals surface area contributed by atoms with E-state index in [0.717, 1.165) is 62.5 Å². The Morgan fingerprint density at radius 3 is 2.38 bits per heavy atom. The molecule has 11 nitrogen and oxygen atoms in total. The number of hydrogen-bond donors (Lipinski definition) is 2. The number of halogens is 1. The lowest BCUT2D eigenvalue weighted by molar-refractivity contribution is 0.0694. The zero-order valence-electron chi connectivity index (χ0n) is 27.6. The number of aromatic nitrogens is 1. The zero-order chi connectivity index (χ0) is 33.7. The fourth-order valence-corrected chi connectivity index (χ4v) is 7.61. The highest BCUT2D eigenvalue weighted by Gasteiger charge is 2.31. The van der Waals surface area contributed by atoms with Crippen LogP contribution < -0.4 is 20.4 Å². The third-order valence-corrected chi connectivity index (χ3v) is 10.4. The number of likely N-dealkylation sites (N-methyl/N-ethyl adjacent to an activating group) is 2. The van der Waals surface area contributed by atoms with Gasteiger partial charge in [-0.15, -0.1) is 11.3 Å². The normalized spacial score (nSPS) is 19.3. The molecule has 1 unspecified atom stereocenters. The van der Waals surface area contributed by atoms with Crippen LogP contribution in [0.2, 0.25) is 0 Å². The van der Waals surface area contributed by atoms with Gasteiger partial charge in [0.1, 0.15) is 28.7 Å². The lowest BCUT2D eigenvalue weighted by Gasteiger charge is -2.37. The first-order valence-electron chi connectivity index (χ1n) is 16.3. The first-order valence-corrected chi connectivity index (χ1v) is 17.1. The molecule has 4 aromatic rings. The summed E-state index contributed by atoms with van der Waals surface area (Å²) in [5.74, 6) is -0.427. The number of thiophene rings is 1. The number of amidine groups is 1. The van der Waals surface area contributed by atoms with Crippen LogP contribution >= 0.6 is 11.3 Å². The van der Waals surface area contributed by atoms with Crippen molar-refractivity contribution in [3.63, 3.8) is 0 Å². The predicted octanol–water partition coefficient (Wildman–Crippen LogP) is 4.98. The van der Waals surface area contributed by atoms with Gasteiger partial charge in [-0.3, -0.25) is 4.79 Å². The minimum Gasteiger partial charge on any atom is -0.487 e. The maximum atomic E-state index is 15.0. The van der Waals surface area contributed by atoms with Gasteiger partial charge in [0.2, 0.25) is 5.43 Å². The fourth-order valence-electron chi connectivity index (χ4n) is 6.69. The van der Waals surface area contributed by atoms with Crippen LogP contribution in [0.25, 0.3) is 10.9 Å². The molecular formula is C35H40FN7O4S. The summed E-state index contributed by atoms with van der Waals surface area (Å²) in [6, 6.07) is 11.6. The lowest BCUT2D eigenvalue weighted by Crippen LogP contribution is -2.47. The van der Waals surface area contributed by atoms with Crippen LogP contribution in [0.15, 0.2) is 52.4 Å². The third kappa shape index (κ3) is 5.90. The van der Waals surface area contributed by atoms with Gasteiger partial charge < -0.3 is 39.3 Å². The molecule has 13 heteroatoms. The molecule has 0 bridgehead atoms. The van der Waals surface area contributed by atoms with Crippen LogP contribution in [0.5, 0.6) is 5.75 Å². The highest BCUT2D eigenvalue weighted by atomic mass is 32.1. The Bertz CT molecular complexity index is 1980. The summed E-state index contributed by atoms with van der Waals surface area (Å²) in [5.41, 5.74) is 3.13. The molecule has 2 fully saturated rings. The van der Waals surface area contributed by atoms with E-state index in [0.29, 0.717) is 30.0 Å². The second-order valence-electron chi connectivity index (χ2n) is 12.9. The minimum absolute atomic E-state index is 0.0434. The quantitative estimate of drug-likeness (QED) is 0.305. The smallest absolute Gasteiger partial charge is 0.341 e. The SMILES string of the molecule is CC1COc2c(N3CCN(C)CC3)c(F)cc3c(=O)c(C(=O)O)cn1c23.Cc1cc2c(s1)Nc1ccccc1N=C2N1CCN(C)CC1. The van der Waals surface area contributed by atoms with Crippen LogP contribution in [0, 0.1) is 12.7 Å². The molecule has 6 heterocycles. The Labute approximate surface area is 282 Å². The van der Waals surface area contributed by atoms with Crippen molar-refractivity contribution in [1.82, 2.24) is 19.3 Å². The van der Waals surface area contributed by atoms with Crippen molar-refractivity contribution in [2.45, 2.75) is 19.9 Å². The average molecular weight is 674 g/mol. The van der Waals surface area contributed by atoms with E-state index in [1.165, 1.54) is 21.6 Å². The van der Waals surface area contributed by atoms with E-state index in [4.69, 9.17) is 9.73 Å². The van der Waals surface area contributed by atoms with Crippen molar-refractivity contribution < 1.29 is 19.0 Å². The molecule has 2 aromatic carbocycles. The summed E-state index contributed by atoms with van der Waals surface area (Å²) in [5, 5.41) is 14.1. The number of pyridine rings is 1. The van der Waals surface area contributed by atoms with E-state index in [1.54, 1.807) is 15.9 Å². The second-order valence-corrected chi connectivity index (χ2v) is 14.2. The highest BCUT2D eigenvalue weighted by Crippen LogP contribution is 2.42. The Balaban J connectivity index is 0.000000154. The highest BCUT2D eigenvalue weighted by molar-refractivity contribution is 7.16. The molecule has 252 valence electrons. The van der Waals surface area contributed by atoms with Gasteiger partial charge in [0.25, 0.3) is 0 Å². The summed E-state index contributed by atoms with van der Waals surface area (Å²) < 4.78 is 22.6. The summed E-state index contributed by atoms with van der Waals surface area (Å²) in [4.78, 5) is 39.2. The number of ether oxygens (including phenoxy) is 1. The molecule has 1 atom stereocenters. The third-order valence-electron chi connectivity index (χ3n) is 9.47. The van der Waals surface area contributed by atoms with E-state index in [-0.39, 0.29) is 23.6 Å². The first kappa shape index (κ1) is 32.1. The lowest BCUT2D eigenvalue weighted by atomic mass is 10.1. The number of benzene rings is 2. The monoisotopic (exact) mass is 673 g/mol. The molecule has 0 spiro atoms. The standard InChI is InChI=1S/C18H20FN3O4.C17H20N4S/c1-10-9-26-17-14-11(16(23)12(18(24)25)8-22(10)14)7-13(19)15(17)21-5-3-20(2)4-6-21;1-12-11-13-16(21-9-7-20(2)8-10-21)18-14-5-3-4-6-15(14)19-17(13)22-12/h7-8,10H,3-6,9H2,1-2H3,(H,24,25);3-6,11,19H,7-10H2,1-2H3. The van der Waals surface area contributed by atoms with Gasteiger partial charge in [0, 0.05) is 63.4 Å². The van der Waals surface area contributed by atoms with Crippen molar-refractivity contribution in [3.05, 3.63) is 74.6 Å². The number of rotatable bonds is 2. The Morgan fingerprint density at radius 1 is 1.02 bits per heavy atom. The zero-order valence-corrected chi connectivity index (χ0v) is 28.4. The van der Waals surface area contributed by atoms with Crippen LogP contribution in [0.3, 0.4) is 0 Å². The number of hydrogen-bond acceptors (Lipinski definition) is 10. The van der Waals surface area contributed by atoms with E-state index in [2.05, 4.69) is 64.3 Å². The number of nitrogens with zero attached hydrogens (tertiary/aromatic N) is 6. The van der Waals surface area contributed by atoms with Crippen molar-refractivity contribution in [3.8, 4) is 5.75 Å². The fraction of sp³-hybridized carbons (Fsp3) is 0.400. The summed E-state index contributed by atoms with van der Waals surface area (Å²) in [6.45, 7) is 11.5. The number of carbonyl (C=O) groups is 1. The number of nitrogens with one attached hydrogen (secondary N) is 1. The number of para-hydroxylation sites is 2. The van der Waals surface area contributed by atoms with Crippen molar-refractivity contribution in [1.29, 1.82) is 0 Å². The first-order chi connectivity index (χ1) is 23.1. The van der Waals surface area contributed by atoms with Gasteiger partial charge in [-0.2, -0.15) is 0 Å². The van der Waals surface area contributed by atoms with Crippen LogP contribution in [-0.2, 0) is 0 Å². The molecule has 0 aliphatic carbocycles. The van der Waals surface area contributed by atoms with E-state index < -0.39 is 17.2 Å². The molecular weight excluding hydrogens is 633 g/mol. The number of fused-ring (bicyclic) bond motifs is 2. The molecule has 0 amide bonds. The Hall–Kier alpha value is -4.46. The molecule has 48 heavy (non-hydrogen) atoms. The molecule has 0 radical (unpaired) electrons. The summed E-state index contributed by atoms with van der Waals surface area (Å²) in [6.07, 6.45) is 1.34. The maximum absolute atomic E-state index is 15.0. The van der Waals surface area contributed by atoms with Crippen LogP contribution in [0.4, 0.5) is 26.5 Å². The number of aromatic carboxylic acids is 1. The molecule has 2 saturated heterocycles. The molecule has 4 aliphatic rings. The minimum atomic E-state index is -1.32. The van der Waals surface area contributed by atoms with Crippen LogP contribution in [0.1, 0.15) is 33.8 Å².